The van der Waals surface area contributed by atoms with Crippen molar-refractivity contribution < 1.29 is 18.7 Å². The molecule has 3 rings (SSSR count). The number of benzene rings is 2. The Labute approximate surface area is 177 Å². The molecule has 1 aliphatic heterocycles. The number of ether oxygens (including phenoxy) is 2. The smallest absolute Gasteiger partial charge is 0.315 e. The van der Waals surface area contributed by atoms with Gasteiger partial charge in [0.15, 0.2) is 0 Å². The second kappa shape index (κ2) is 10.4. The van der Waals surface area contributed by atoms with E-state index in [1.165, 1.54) is 12.1 Å². The van der Waals surface area contributed by atoms with E-state index in [9.17, 15) is 9.18 Å². The van der Waals surface area contributed by atoms with E-state index < -0.39 is 0 Å². The van der Waals surface area contributed by atoms with Crippen LogP contribution in [0.4, 0.5) is 9.18 Å². The number of hydrogen-bond acceptors (Lipinski definition) is 4. The van der Waals surface area contributed by atoms with Gasteiger partial charge in [-0.3, -0.25) is 0 Å². The quantitative estimate of drug-likeness (QED) is 0.691. The molecule has 1 aliphatic rings. The Bertz CT molecular complexity index is 823. The zero-order valence-corrected chi connectivity index (χ0v) is 17.7. The Hall–Kier alpha value is -2.64. The third kappa shape index (κ3) is 5.70. The number of likely N-dealkylation sites (N-methyl/N-ethyl adjacent to an activating group) is 1. The van der Waals surface area contributed by atoms with Crippen LogP contribution < -0.4 is 15.4 Å². The highest BCUT2D eigenvalue weighted by atomic mass is 19.1. The minimum atomic E-state index is -0.331. The molecule has 7 heteroatoms. The van der Waals surface area contributed by atoms with Crippen molar-refractivity contribution in [2.75, 3.05) is 34.4 Å². The van der Waals surface area contributed by atoms with E-state index in [0.29, 0.717) is 13.2 Å². The predicted molar refractivity (Wildman–Crippen MR) is 114 cm³/mol. The molecule has 0 radical (unpaired) electrons. The van der Waals surface area contributed by atoms with Gasteiger partial charge in [-0.05, 0) is 62.3 Å². The van der Waals surface area contributed by atoms with Crippen LogP contribution in [-0.2, 0) is 4.74 Å². The lowest BCUT2D eigenvalue weighted by Gasteiger charge is -2.28. The van der Waals surface area contributed by atoms with Gasteiger partial charge in [-0.15, -0.1) is 0 Å². The zero-order valence-electron chi connectivity index (χ0n) is 17.7. The summed E-state index contributed by atoms with van der Waals surface area (Å²) in [5, 5.41) is 6.00. The van der Waals surface area contributed by atoms with E-state index in [0.717, 1.165) is 29.7 Å². The maximum atomic E-state index is 13.3. The summed E-state index contributed by atoms with van der Waals surface area (Å²) < 4.78 is 24.5. The van der Waals surface area contributed by atoms with Gasteiger partial charge >= 0.3 is 6.03 Å². The highest BCUT2D eigenvalue weighted by Crippen LogP contribution is 2.27. The number of carbonyl (C=O) groups excluding carboxylic acids is 1. The number of amides is 2. The lowest BCUT2D eigenvalue weighted by molar-refractivity contribution is 0.0806. The summed E-state index contributed by atoms with van der Waals surface area (Å²) >= 11 is 0. The molecule has 2 amide bonds. The molecule has 0 bridgehead atoms. The summed E-state index contributed by atoms with van der Waals surface area (Å²) in [4.78, 5) is 14.8. The number of rotatable bonds is 8. The van der Waals surface area contributed by atoms with Crippen LogP contribution in [0.1, 0.15) is 36.1 Å². The van der Waals surface area contributed by atoms with Crippen LogP contribution in [0, 0.1) is 5.82 Å². The van der Waals surface area contributed by atoms with E-state index in [-0.39, 0.29) is 30.0 Å². The van der Waals surface area contributed by atoms with Crippen molar-refractivity contribution >= 4 is 6.03 Å². The highest BCUT2D eigenvalue weighted by molar-refractivity contribution is 5.74. The molecule has 0 spiro atoms. The van der Waals surface area contributed by atoms with Crippen molar-refractivity contribution in [2.24, 2.45) is 0 Å². The van der Waals surface area contributed by atoms with E-state index in [4.69, 9.17) is 9.47 Å². The van der Waals surface area contributed by atoms with Crippen LogP contribution in [0.3, 0.4) is 0 Å². The van der Waals surface area contributed by atoms with Gasteiger partial charge in [0, 0.05) is 13.2 Å². The third-order valence-electron chi connectivity index (χ3n) is 5.41. The van der Waals surface area contributed by atoms with Crippen LogP contribution in [0.25, 0.3) is 0 Å². The van der Waals surface area contributed by atoms with Crippen LogP contribution in [0.15, 0.2) is 48.5 Å². The van der Waals surface area contributed by atoms with Crippen molar-refractivity contribution in [3.8, 4) is 5.75 Å². The first kappa shape index (κ1) is 22.1. The molecule has 0 saturated carbocycles. The van der Waals surface area contributed by atoms with Crippen molar-refractivity contribution in [2.45, 2.75) is 31.0 Å². The second-order valence-electron chi connectivity index (χ2n) is 7.69. The molecule has 2 aromatic carbocycles. The number of carbonyl (C=O) groups is 1. The first-order chi connectivity index (χ1) is 14.5. The monoisotopic (exact) mass is 415 g/mol. The lowest BCUT2D eigenvalue weighted by Crippen LogP contribution is -2.44. The average molecular weight is 416 g/mol. The van der Waals surface area contributed by atoms with Gasteiger partial charge in [0.25, 0.3) is 0 Å². The highest BCUT2D eigenvalue weighted by Gasteiger charge is 2.29. The van der Waals surface area contributed by atoms with Gasteiger partial charge < -0.3 is 25.0 Å². The standard InChI is InChI=1S/C23H30FN3O3/c1-27(2)20(17-6-4-7-19(14-17)29-3)15-25-23(28)26-22(21-8-5-13-30-21)16-9-11-18(24)12-10-16/h4,6-7,9-12,14,20-22H,5,8,13,15H2,1-3H3,(H2,25,26,28). The number of methoxy groups -OCH3 is 1. The summed E-state index contributed by atoms with van der Waals surface area (Å²) in [6.45, 7) is 1.10. The number of hydrogen-bond donors (Lipinski definition) is 2. The molecule has 1 heterocycles. The summed E-state index contributed by atoms with van der Waals surface area (Å²) in [6, 6.07) is 13.4. The summed E-state index contributed by atoms with van der Waals surface area (Å²) in [7, 11) is 5.57. The molecule has 30 heavy (non-hydrogen) atoms. The maximum absolute atomic E-state index is 13.3. The molecule has 1 fully saturated rings. The Balaban J connectivity index is 1.67. The fraction of sp³-hybridized carbons (Fsp3) is 0.435. The Kier molecular flexibility index (Phi) is 7.65. The van der Waals surface area contributed by atoms with Crippen molar-refractivity contribution in [3.63, 3.8) is 0 Å². The van der Waals surface area contributed by atoms with Gasteiger partial charge in [-0.1, -0.05) is 24.3 Å². The minimum absolute atomic E-state index is 0.0159. The summed E-state index contributed by atoms with van der Waals surface area (Å²) in [5.74, 6) is 0.472. The second-order valence-corrected chi connectivity index (χ2v) is 7.69. The molecular weight excluding hydrogens is 385 g/mol. The number of nitrogens with one attached hydrogen (secondary N) is 2. The van der Waals surface area contributed by atoms with Crippen molar-refractivity contribution in [1.29, 1.82) is 0 Å². The third-order valence-corrected chi connectivity index (χ3v) is 5.41. The maximum Gasteiger partial charge on any atom is 0.315 e. The van der Waals surface area contributed by atoms with E-state index in [1.807, 2.05) is 43.3 Å². The average Bonchev–Trinajstić information content (AvgIpc) is 3.27. The van der Waals surface area contributed by atoms with Crippen LogP contribution in [-0.4, -0.2) is 51.4 Å². The van der Waals surface area contributed by atoms with Crippen LogP contribution in [0.5, 0.6) is 5.75 Å². The molecule has 1 saturated heterocycles. The zero-order chi connectivity index (χ0) is 21.5. The summed E-state index contributed by atoms with van der Waals surface area (Å²) in [5.41, 5.74) is 1.88. The molecule has 6 nitrogen and oxygen atoms in total. The molecular formula is C23H30FN3O3. The predicted octanol–water partition coefficient (Wildman–Crippen LogP) is 3.66. The molecule has 2 aromatic rings. The molecule has 0 aliphatic carbocycles. The van der Waals surface area contributed by atoms with E-state index >= 15 is 0 Å². The van der Waals surface area contributed by atoms with E-state index in [2.05, 4.69) is 10.6 Å². The van der Waals surface area contributed by atoms with Gasteiger partial charge in [0.2, 0.25) is 0 Å². The Morgan fingerprint density at radius 3 is 2.63 bits per heavy atom. The Morgan fingerprint density at radius 2 is 2.00 bits per heavy atom. The number of urea groups is 1. The Morgan fingerprint density at radius 1 is 1.23 bits per heavy atom. The largest absolute Gasteiger partial charge is 0.497 e. The fourth-order valence-electron chi connectivity index (χ4n) is 3.76. The van der Waals surface area contributed by atoms with Gasteiger partial charge in [0.05, 0.1) is 25.3 Å². The molecule has 162 valence electrons. The number of halogens is 1. The van der Waals surface area contributed by atoms with Crippen LogP contribution >= 0.6 is 0 Å². The van der Waals surface area contributed by atoms with Crippen molar-refractivity contribution in [3.05, 3.63) is 65.5 Å². The van der Waals surface area contributed by atoms with Crippen molar-refractivity contribution in [1.82, 2.24) is 15.5 Å². The SMILES string of the molecule is COc1cccc(C(CNC(=O)NC(c2ccc(F)cc2)C2CCCO2)N(C)C)c1. The normalized spacial score (nSPS) is 18.1. The van der Waals surface area contributed by atoms with E-state index in [1.54, 1.807) is 19.2 Å². The molecule has 2 N–H and O–H groups in total. The summed E-state index contributed by atoms with van der Waals surface area (Å²) in [6.07, 6.45) is 1.68. The molecule has 0 aromatic heterocycles. The topological polar surface area (TPSA) is 62.8 Å². The van der Waals surface area contributed by atoms with Crippen LogP contribution in [0.2, 0.25) is 0 Å². The van der Waals surface area contributed by atoms with Gasteiger partial charge in [0.1, 0.15) is 11.6 Å². The van der Waals surface area contributed by atoms with Gasteiger partial charge in [-0.25, -0.2) is 9.18 Å². The molecule has 3 unspecified atom stereocenters. The molecule has 3 atom stereocenters. The first-order valence-corrected chi connectivity index (χ1v) is 10.2. The fourth-order valence-corrected chi connectivity index (χ4v) is 3.76. The lowest BCUT2D eigenvalue weighted by atomic mass is 9.99. The minimum Gasteiger partial charge on any atom is -0.497 e. The first-order valence-electron chi connectivity index (χ1n) is 10.2. The van der Waals surface area contributed by atoms with Gasteiger partial charge in [-0.2, -0.15) is 0 Å². The number of nitrogens with zero attached hydrogens (tertiary/aromatic N) is 1.